The zero-order chi connectivity index (χ0) is 20.9. The highest BCUT2D eigenvalue weighted by Gasteiger charge is 2.35. The Balaban J connectivity index is 2.45. The number of amidine groups is 1. The van der Waals surface area contributed by atoms with E-state index in [1.54, 1.807) is 12.3 Å². The van der Waals surface area contributed by atoms with Crippen LogP contribution in [-0.4, -0.2) is 10.8 Å². The first-order chi connectivity index (χ1) is 13.2. The van der Waals surface area contributed by atoms with Gasteiger partial charge in [0, 0.05) is 23.2 Å². The smallest absolute Gasteiger partial charge is 0.397 e. The minimum absolute atomic E-state index is 0.0831. The number of nitrogens with one attached hydrogen (secondary N) is 1. The number of benzene rings is 1. The van der Waals surface area contributed by atoms with Gasteiger partial charge >= 0.3 is 6.18 Å². The molecule has 2 aromatic rings. The Hall–Kier alpha value is -2.54. The molecular formula is C16H21F3N8S. The molecular weight excluding hydrogens is 393 g/mol. The van der Waals surface area contributed by atoms with Gasteiger partial charge in [0.15, 0.2) is 5.84 Å². The van der Waals surface area contributed by atoms with E-state index in [9.17, 15) is 13.2 Å². The number of nitrogen functional groups attached to an aromatic ring is 1. The number of nitrogens with two attached hydrogens (primary N) is 5. The topological polar surface area (TPSA) is 167 Å². The van der Waals surface area contributed by atoms with Gasteiger partial charge in [-0.25, -0.2) is 11.4 Å². The summed E-state index contributed by atoms with van der Waals surface area (Å²) < 4.78 is 40.0. The third-order valence-corrected chi connectivity index (χ3v) is 4.70. The van der Waals surface area contributed by atoms with Crippen LogP contribution in [0.5, 0.6) is 0 Å². The minimum Gasteiger partial charge on any atom is -0.397 e. The number of anilines is 1. The Morgan fingerprint density at radius 3 is 2.50 bits per heavy atom. The van der Waals surface area contributed by atoms with E-state index in [1.807, 2.05) is 5.53 Å². The number of aromatic nitrogens is 1. The highest BCUT2D eigenvalue weighted by atomic mass is 32.2. The Morgan fingerprint density at radius 2 is 1.96 bits per heavy atom. The van der Waals surface area contributed by atoms with Crippen LogP contribution in [0.4, 0.5) is 18.9 Å². The molecule has 11 N–H and O–H groups in total. The number of hydrogen-bond donors (Lipinski definition) is 6. The molecule has 0 spiro atoms. The molecule has 8 nitrogen and oxygen atoms in total. The summed E-state index contributed by atoms with van der Waals surface area (Å²) in [6, 6.07) is 4.06. The van der Waals surface area contributed by atoms with Gasteiger partial charge in [-0.05, 0) is 48.0 Å². The van der Waals surface area contributed by atoms with E-state index in [4.69, 9.17) is 28.2 Å². The molecule has 1 aromatic heterocycles. The molecule has 0 saturated carbocycles. The largest absolute Gasteiger partial charge is 0.417 e. The summed E-state index contributed by atoms with van der Waals surface area (Å²) in [5, 5.41) is 9.14. The van der Waals surface area contributed by atoms with Crippen molar-refractivity contribution in [1.29, 1.82) is 0 Å². The van der Waals surface area contributed by atoms with Crippen LogP contribution in [0.25, 0.3) is 0 Å². The predicted octanol–water partition coefficient (Wildman–Crippen LogP) is 0.976. The molecule has 0 aliphatic carbocycles. The third-order valence-electron chi connectivity index (χ3n) is 4.05. The van der Waals surface area contributed by atoms with E-state index in [1.165, 1.54) is 6.07 Å². The van der Waals surface area contributed by atoms with Crippen LogP contribution >= 0.6 is 11.9 Å². The molecule has 0 radical (unpaired) electrons. The maximum Gasteiger partial charge on any atom is 0.417 e. The Morgan fingerprint density at radius 1 is 1.25 bits per heavy atom. The highest BCUT2D eigenvalue weighted by Crippen LogP contribution is 2.38. The summed E-state index contributed by atoms with van der Waals surface area (Å²) in [5.74, 6) is 4.93. The van der Waals surface area contributed by atoms with Crippen molar-refractivity contribution in [3.05, 3.63) is 52.3 Å². The molecule has 2 rings (SSSR count). The van der Waals surface area contributed by atoms with Gasteiger partial charge in [-0.1, -0.05) is 6.07 Å². The van der Waals surface area contributed by atoms with E-state index in [0.717, 1.165) is 11.6 Å². The van der Waals surface area contributed by atoms with Crippen LogP contribution < -0.4 is 33.7 Å². The zero-order valence-electron chi connectivity index (χ0n) is 14.8. The average molecular weight is 414 g/mol. The Kier molecular flexibility index (Phi) is 7.07. The van der Waals surface area contributed by atoms with Crippen molar-refractivity contribution in [3.8, 4) is 0 Å². The average Bonchev–Trinajstić information content (AvgIpc) is 2.64. The van der Waals surface area contributed by atoms with Crippen molar-refractivity contribution in [3.63, 3.8) is 0 Å². The van der Waals surface area contributed by atoms with Crippen LogP contribution in [0.2, 0.25) is 0 Å². The standard InChI is InChI=1S/C16H21F3N8S/c17-16(18,19)10-4-3-9(13(14(10)28-24)15(22)26-27-23)2-1-8-5-11(21)12(6-20)25-7-8/h3-5,7,27H,1-2,6,20-21,23-24H2,(H2,22,26). The van der Waals surface area contributed by atoms with E-state index in [2.05, 4.69) is 10.1 Å². The molecule has 12 heteroatoms. The lowest BCUT2D eigenvalue weighted by atomic mass is 9.97. The van der Waals surface area contributed by atoms with Crippen LogP contribution in [0.15, 0.2) is 34.4 Å². The van der Waals surface area contributed by atoms with Gasteiger partial charge in [0.1, 0.15) is 0 Å². The summed E-state index contributed by atoms with van der Waals surface area (Å²) >= 11 is 0.451. The number of nitrogens with zero attached hydrogens (tertiary/aromatic N) is 2. The molecule has 0 aliphatic heterocycles. The molecule has 0 atom stereocenters. The first-order valence-electron chi connectivity index (χ1n) is 8.05. The van der Waals surface area contributed by atoms with Crippen molar-refractivity contribution in [2.24, 2.45) is 27.6 Å². The number of hydrazone groups is 1. The number of halogens is 3. The quantitative estimate of drug-likeness (QED) is 0.128. The van der Waals surface area contributed by atoms with Crippen LogP contribution in [0.1, 0.15) is 27.9 Å². The van der Waals surface area contributed by atoms with E-state index < -0.39 is 11.7 Å². The van der Waals surface area contributed by atoms with Gasteiger partial charge in [0.05, 0.1) is 16.9 Å². The second-order valence-corrected chi connectivity index (χ2v) is 6.45. The van der Waals surface area contributed by atoms with Crippen molar-refractivity contribution >= 4 is 23.5 Å². The summed E-state index contributed by atoms with van der Waals surface area (Å²) in [6.45, 7) is 0.214. The molecule has 28 heavy (non-hydrogen) atoms. The molecule has 0 unspecified atom stereocenters. The van der Waals surface area contributed by atoms with Crippen molar-refractivity contribution in [2.45, 2.75) is 30.5 Å². The monoisotopic (exact) mass is 414 g/mol. The van der Waals surface area contributed by atoms with Crippen LogP contribution in [0.3, 0.4) is 0 Å². The van der Waals surface area contributed by atoms with Gasteiger partial charge in [-0.3, -0.25) is 10.1 Å². The van der Waals surface area contributed by atoms with Crippen molar-refractivity contribution in [2.75, 3.05) is 5.73 Å². The van der Waals surface area contributed by atoms with E-state index >= 15 is 0 Å². The number of alkyl halides is 3. The fourth-order valence-electron chi connectivity index (χ4n) is 2.73. The molecule has 0 aliphatic rings. The molecule has 0 amide bonds. The fraction of sp³-hybridized carbons (Fsp3) is 0.250. The molecule has 1 aromatic carbocycles. The van der Waals surface area contributed by atoms with Crippen molar-refractivity contribution in [1.82, 2.24) is 10.5 Å². The SMILES string of the molecule is NCc1ncc(CCc2ccc(C(F)(F)F)c(SN)c2/C(N)=N/NN)cc1N. The predicted molar refractivity (Wildman–Crippen MR) is 103 cm³/mol. The lowest BCUT2D eigenvalue weighted by Crippen LogP contribution is -2.26. The maximum atomic E-state index is 13.3. The number of aryl methyl sites for hydroxylation is 2. The molecule has 0 bridgehead atoms. The Labute approximate surface area is 163 Å². The number of hydrazine groups is 1. The number of rotatable bonds is 7. The van der Waals surface area contributed by atoms with E-state index in [-0.39, 0.29) is 22.8 Å². The summed E-state index contributed by atoms with van der Waals surface area (Å²) in [6.07, 6.45) is -2.16. The lowest BCUT2D eigenvalue weighted by molar-refractivity contribution is -0.139. The summed E-state index contributed by atoms with van der Waals surface area (Å²) in [4.78, 5) is 3.95. The van der Waals surface area contributed by atoms with E-state index in [0.29, 0.717) is 41.7 Å². The van der Waals surface area contributed by atoms with Crippen molar-refractivity contribution < 1.29 is 13.2 Å². The fourth-order valence-corrected chi connectivity index (χ4v) is 3.39. The van der Waals surface area contributed by atoms with Gasteiger partial charge in [0.25, 0.3) is 0 Å². The first kappa shape index (κ1) is 21.8. The highest BCUT2D eigenvalue weighted by molar-refractivity contribution is 7.97. The molecule has 0 fully saturated rings. The first-order valence-corrected chi connectivity index (χ1v) is 8.93. The Bertz CT molecular complexity index is 870. The molecule has 0 saturated heterocycles. The van der Waals surface area contributed by atoms with Gasteiger partial charge in [-0.15, -0.1) is 5.10 Å². The number of hydrogen-bond acceptors (Lipinski definition) is 8. The second-order valence-electron chi connectivity index (χ2n) is 5.80. The van der Waals surface area contributed by atoms with Gasteiger partial charge in [0.2, 0.25) is 0 Å². The third kappa shape index (κ3) is 4.84. The lowest BCUT2D eigenvalue weighted by Gasteiger charge is -2.18. The minimum atomic E-state index is -4.60. The zero-order valence-corrected chi connectivity index (χ0v) is 15.6. The summed E-state index contributed by atoms with van der Waals surface area (Å²) in [7, 11) is 0. The van der Waals surface area contributed by atoms with Crippen LogP contribution in [0, 0.1) is 0 Å². The maximum absolute atomic E-state index is 13.3. The molecule has 152 valence electrons. The van der Waals surface area contributed by atoms with Gasteiger partial charge < -0.3 is 17.2 Å². The summed E-state index contributed by atoms with van der Waals surface area (Å²) in [5.41, 5.74) is 20.8. The van der Waals surface area contributed by atoms with Gasteiger partial charge in [-0.2, -0.15) is 13.2 Å². The van der Waals surface area contributed by atoms with Crippen LogP contribution in [-0.2, 0) is 25.6 Å². The second kappa shape index (κ2) is 9.10. The normalized spacial score (nSPS) is 12.3. The molecule has 1 heterocycles. The number of pyridine rings is 1.